The molecule has 0 radical (unpaired) electrons. The van der Waals surface area contributed by atoms with Gasteiger partial charge < -0.3 is 9.80 Å². The lowest BCUT2D eigenvalue weighted by Gasteiger charge is -2.30. The predicted octanol–water partition coefficient (Wildman–Crippen LogP) is 7.49. The van der Waals surface area contributed by atoms with Crippen molar-refractivity contribution in [2.75, 3.05) is 23.9 Å². The summed E-state index contributed by atoms with van der Waals surface area (Å²) in [7, 11) is 4.12. The average molecular weight is 455 g/mol. The fourth-order valence-electron chi connectivity index (χ4n) is 4.97. The quantitative estimate of drug-likeness (QED) is 0.352. The van der Waals surface area contributed by atoms with E-state index in [1.807, 2.05) is 4.90 Å². The van der Waals surface area contributed by atoms with Crippen molar-refractivity contribution in [1.82, 2.24) is 0 Å². The van der Waals surface area contributed by atoms with Gasteiger partial charge in [0.15, 0.2) is 0 Å². The Labute approximate surface area is 205 Å². The van der Waals surface area contributed by atoms with Crippen LogP contribution in [0.1, 0.15) is 56.6 Å². The van der Waals surface area contributed by atoms with Gasteiger partial charge in [-0.2, -0.15) is 0 Å². The Morgan fingerprint density at radius 1 is 0.794 bits per heavy atom. The summed E-state index contributed by atoms with van der Waals surface area (Å²) in [6.07, 6.45) is 7.78. The average Bonchev–Trinajstić information content (AvgIpc) is 2.88. The summed E-state index contributed by atoms with van der Waals surface area (Å²) in [6, 6.07) is 25.9. The monoisotopic (exact) mass is 454 g/mol. The lowest BCUT2D eigenvalue weighted by Crippen LogP contribution is -2.36. The van der Waals surface area contributed by atoms with Gasteiger partial charge >= 0.3 is 0 Å². The van der Waals surface area contributed by atoms with Crippen LogP contribution < -0.4 is 9.80 Å². The molecule has 3 heteroatoms. The molecule has 0 spiro atoms. The maximum absolute atomic E-state index is 13.7. The van der Waals surface area contributed by atoms with Gasteiger partial charge in [0.25, 0.3) is 0 Å². The number of carbonyl (C=O) groups excluding carboxylic acids is 1. The highest BCUT2D eigenvalue weighted by Gasteiger charge is 2.27. The minimum absolute atomic E-state index is 0.151. The smallest absolute Gasteiger partial charge is 0.230 e. The third-order valence-corrected chi connectivity index (χ3v) is 6.99. The van der Waals surface area contributed by atoms with Crippen LogP contribution in [0.3, 0.4) is 0 Å². The SMILES string of the molecule is CCCc1cccc(N(Cc2ccc(-c3ccc(N(C)C)cc3)cc2)C(=O)C2CCCCC2)c1. The van der Waals surface area contributed by atoms with Crippen molar-refractivity contribution < 1.29 is 4.79 Å². The van der Waals surface area contributed by atoms with Gasteiger partial charge in [0, 0.05) is 31.4 Å². The van der Waals surface area contributed by atoms with Gasteiger partial charge in [0.2, 0.25) is 5.91 Å². The molecule has 3 nitrogen and oxygen atoms in total. The normalized spacial score (nSPS) is 14.1. The number of hydrogen-bond donors (Lipinski definition) is 0. The van der Waals surface area contributed by atoms with Gasteiger partial charge in [-0.1, -0.05) is 81.1 Å². The molecule has 1 saturated carbocycles. The Balaban J connectivity index is 1.56. The van der Waals surface area contributed by atoms with Crippen LogP contribution in [0.5, 0.6) is 0 Å². The van der Waals surface area contributed by atoms with E-state index < -0.39 is 0 Å². The van der Waals surface area contributed by atoms with Gasteiger partial charge in [0.1, 0.15) is 0 Å². The number of hydrogen-bond acceptors (Lipinski definition) is 2. The van der Waals surface area contributed by atoms with Gasteiger partial charge in [-0.25, -0.2) is 0 Å². The van der Waals surface area contributed by atoms with E-state index in [1.54, 1.807) is 0 Å². The first-order chi connectivity index (χ1) is 16.5. The predicted molar refractivity (Wildman–Crippen MR) is 144 cm³/mol. The molecular weight excluding hydrogens is 416 g/mol. The van der Waals surface area contributed by atoms with Crippen molar-refractivity contribution >= 4 is 17.3 Å². The lowest BCUT2D eigenvalue weighted by molar-refractivity contribution is -0.123. The first-order valence-corrected chi connectivity index (χ1v) is 12.8. The molecule has 1 amide bonds. The fraction of sp³-hybridized carbons (Fsp3) is 0.387. The molecule has 0 bridgehead atoms. The Morgan fingerprint density at radius 2 is 1.44 bits per heavy atom. The summed E-state index contributed by atoms with van der Waals surface area (Å²) in [5.74, 6) is 0.440. The number of aryl methyl sites for hydroxylation is 1. The van der Waals surface area contributed by atoms with E-state index in [-0.39, 0.29) is 11.8 Å². The van der Waals surface area contributed by atoms with E-state index in [2.05, 4.69) is 98.7 Å². The van der Waals surface area contributed by atoms with Crippen LogP contribution in [0.25, 0.3) is 11.1 Å². The van der Waals surface area contributed by atoms with Crippen molar-refractivity contribution in [2.24, 2.45) is 5.92 Å². The van der Waals surface area contributed by atoms with Crippen LogP contribution in [0.4, 0.5) is 11.4 Å². The van der Waals surface area contributed by atoms with Crippen molar-refractivity contribution in [1.29, 1.82) is 0 Å². The minimum Gasteiger partial charge on any atom is -0.378 e. The maximum Gasteiger partial charge on any atom is 0.230 e. The molecule has 4 rings (SSSR count). The zero-order chi connectivity index (χ0) is 23.9. The lowest BCUT2D eigenvalue weighted by atomic mass is 9.88. The molecule has 0 saturated heterocycles. The Kier molecular flexibility index (Phi) is 8.05. The molecule has 3 aromatic carbocycles. The van der Waals surface area contributed by atoms with Crippen LogP contribution in [-0.2, 0) is 17.8 Å². The van der Waals surface area contributed by atoms with E-state index in [0.29, 0.717) is 6.54 Å². The second kappa shape index (κ2) is 11.4. The molecule has 0 aliphatic heterocycles. The molecule has 3 aromatic rings. The summed E-state index contributed by atoms with van der Waals surface area (Å²) in [5, 5.41) is 0. The van der Waals surface area contributed by atoms with Crippen molar-refractivity contribution in [3.63, 3.8) is 0 Å². The molecule has 1 fully saturated rings. The van der Waals surface area contributed by atoms with Gasteiger partial charge in [-0.05, 0) is 65.8 Å². The Bertz CT molecular complexity index is 1060. The van der Waals surface area contributed by atoms with Crippen LogP contribution in [-0.4, -0.2) is 20.0 Å². The first kappa shape index (κ1) is 24.1. The van der Waals surface area contributed by atoms with Crippen LogP contribution in [0.2, 0.25) is 0 Å². The Morgan fingerprint density at radius 3 is 2.06 bits per heavy atom. The van der Waals surface area contributed by atoms with Gasteiger partial charge in [-0.15, -0.1) is 0 Å². The third kappa shape index (κ3) is 5.88. The van der Waals surface area contributed by atoms with Crippen molar-refractivity contribution in [3.05, 3.63) is 83.9 Å². The summed E-state index contributed by atoms with van der Waals surface area (Å²) in [5.41, 5.74) is 7.10. The minimum atomic E-state index is 0.151. The number of anilines is 2. The second-order valence-electron chi connectivity index (χ2n) is 9.82. The summed E-state index contributed by atoms with van der Waals surface area (Å²) in [4.78, 5) is 17.8. The highest BCUT2D eigenvalue weighted by molar-refractivity contribution is 5.95. The fourth-order valence-corrected chi connectivity index (χ4v) is 4.97. The zero-order valence-electron chi connectivity index (χ0n) is 21.0. The van der Waals surface area contributed by atoms with Crippen molar-refractivity contribution in [2.45, 2.75) is 58.4 Å². The molecule has 0 heterocycles. The number of amides is 1. The molecule has 1 aliphatic rings. The molecule has 0 atom stereocenters. The van der Waals surface area contributed by atoms with E-state index in [4.69, 9.17) is 0 Å². The number of carbonyl (C=O) groups is 1. The molecule has 34 heavy (non-hydrogen) atoms. The number of nitrogens with zero attached hydrogens (tertiary/aromatic N) is 2. The van der Waals surface area contributed by atoms with E-state index >= 15 is 0 Å². The highest BCUT2D eigenvalue weighted by atomic mass is 16.2. The topological polar surface area (TPSA) is 23.6 Å². The number of rotatable bonds is 8. The maximum atomic E-state index is 13.7. The second-order valence-corrected chi connectivity index (χ2v) is 9.82. The molecular formula is C31H38N2O. The molecule has 0 aromatic heterocycles. The summed E-state index contributed by atoms with van der Waals surface area (Å²) >= 11 is 0. The first-order valence-electron chi connectivity index (χ1n) is 12.8. The van der Waals surface area contributed by atoms with Crippen LogP contribution >= 0.6 is 0 Å². The van der Waals surface area contributed by atoms with E-state index in [9.17, 15) is 4.79 Å². The van der Waals surface area contributed by atoms with Gasteiger partial charge in [-0.3, -0.25) is 4.79 Å². The van der Waals surface area contributed by atoms with Crippen LogP contribution in [0.15, 0.2) is 72.8 Å². The molecule has 178 valence electrons. The molecule has 0 unspecified atom stereocenters. The van der Waals surface area contributed by atoms with Crippen molar-refractivity contribution in [3.8, 4) is 11.1 Å². The summed E-state index contributed by atoms with van der Waals surface area (Å²) in [6.45, 7) is 2.82. The van der Waals surface area contributed by atoms with Gasteiger partial charge in [0.05, 0.1) is 6.54 Å². The van der Waals surface area contributed by atoms with E-state index in [0.717, 1.165) is 31.4 Å². The standard InChI is InChI=1S/C31H38N2O/c1-4-9-24-10-8-13-30(22-24)33(31(34)28-11-6-5-7-12-28)23-25-14-16-26(17-15-25)27-18-20-29(21-19-27)32(2)3/h8,10,13-22,28H,4-7,9,11-12,23H2,1-3H3. The highest BCUT2D eigenvalue weighted by Crippen LogP contribution is 2.30. The number of benzene rings is 3. The third-order valence-electron chi connectivity index (χ3n) is 6.99. The zero-order valence-corrected chi connectivity index (χ0v) is 21.0. The molecule has 1 aliphatic carbocycles. The van der Waals surface area contributed by atoms with E-state index in [1.165, 1.54) is 47.2 Å². The van der Waals surface area contributed by atoms with Crippen LogP contribution in [0, 0.1) is 5.92 Å². The Hall–Kier alpha value is -3.07. The molecule has 0 N–H and O–H groups in total. The summed E-state index contributed by atoms with van der Waals surface area (Å²) < 4.78 is 0. The largest absolute Gasteiger partial charge is 0.378 e.